The van der Waals surface area contributed by atoms with Crippen LogP contribution in [0.3, 0.4) is 0 Å². The standard InChI is InChI=1S/C22H20FN7OS.ClH/c1-13-27-17-4-2-14(10-18(17)32-13)20-16(23)12-26-22(29-20)28-19-5-3-15(11-25-19)21(31)30-8-6-24-7-9-30;/h2-5,10-12,24H,6-9H2,1H3,(H,25,26,28,29);1H. The summed E-state index contributed by atoms with van der Waals surface area (Å²) in [5.74, 6) is 0.129. The van der Waals surface area contributed by atoms with Crippen LogP contribution in [-0.2, 0) is 0 Å². The number of rotatable bonds is 4. The molecule has 1 saturated heterocycles. The van der Waals surface area contributed by atoms with Gasteiger partial charge in [0.1, 0.15) is 11.5 Å². The molecule has 1 fully saturated rings. The number of aromatic nitrogens is 4. The molecule has 0 unspecified atom stereocenters. The first kappa shape index (κ1) is 23.0. The number of halogens is 2. The molecule has 170 valence electrons. The van der Waals surface area contributed by atoms with Gasteiger partial charge < -0.3 is 15.5 Å². The normalized spacial score (nSPS) is 13.6. The maximum atomic E-state index is 14.5. The Bertz CT molecular complexity index is 1290. The van der Waals surface area contributed by atoms with Crippen molar-refractivity contribution >= 4 is 51.6 Å². The van der Waals surface area contributed by atoms with Gasteiger partial charge >= 0.3 is 0 Å². The number of hydrogen-bond donors (Lipinski definition) is 2. The van der Waals surface area contributed by atoms with Crippen LogP contribution in [0.25, 0.3) is 21.5 Å². The van der Waals surface area contributed by atoms with Gasteiger partial charge in [-0.25, -0.2) is 24.3 Å². The molecule has 1 aliphatic heterocycles. The van der Waals surface area contributed by atoms with Crippen molar-refractivity contribution in [2.75, 3.05) is 31.5 Å². The van der Waals surface area contributed by atoms with Gasteiger partial charge in [0.2, 0.25) is 5.95 Å². The predicted octanol–water partition coefficient (Wildman–Crippen LogP) is 3.81. The van der Waals surface area contributed by atoms with Crippen molar-refractivity contribution in [3.05, 3.63) is 59.1 Å². The Labute approximate surface area is 199 Å². The lowest BCUT2D eigenvalue weighted by atomic mass is 10.1. The molecule has 4 aromatic rings. The van der Waals surface area contributed by atoms with E-state index in [-0.39, 0.29) is 30.0 Å². The van der Waals surface area contributed by atoms with Crippen molar-refractivity contribution in [2.45, 2.75) is 6.92 Å². The summed E-state index contributed by atoms with van der Waals surface area (Å²) in [6.07, 6.45) is 2.66. The Hall–Kier alpha value is -3.21. The number of aryl methyl sites for hydroxylation is 1. The van der Waals surface area contributed by atoms with Gasteiger partial charge in [-0.3, -0.25) is 4.79 Å². The molecule has 33 heavy (non-hydrogen) atoms. The number of piperazine rings is 1. The quantitative estimate of drug-likeness (QED) is 0.453. The van der Waals surface area contributed by atoms with Crippen molar-refractivity contribution < 1.29 is 9.18 Å². The van der Waals surface area contributed by atoms with Gasteiger partial charge in [0.15, 0.2) is 5.82 Å². The molecule has 0 bridgehead atoms. The predicted molar refractivity (Wildman–Crippen MR) is 129 cm³/mol. The molecule has 0 atom stereocenters. The molecule has 1 amide bonds. The van der Waals surface area contributed by atoms with Gasteiger partial charge in [0, 0.05) is 37.9 Å². The zero-order valence-electron chi connectivity index (χ0n) is 17.7. The number of amides is 1. The molecular formula is C22H21ClFN7OS. The third-order valence-electron chi connectivity index (χ3n) is 5.17. The number of thiazole rings is 1. The number of fused-ring (bicyclic) bond motifs is 1. The Balaban J connectivity index is 0.00000259. The number of nitrogens with zero attached hydrogens (tertiary/aromatic N) is 5. The highest BCUT2D eigenvalue weighted by Crippen LogP contribution is 2.29. The van der Waals surface area contributed by atoms with Crippen LogP contribution in [0.4, 0.5) is 16.2 Å². The molecule has 0 radical (unpaired) electrons. The van der Waals surface area contributed by atoms with E-state index >= 15 is 0 Å². The summed E-state index contributed by atoms with van der Waals surface area (Å²) in [4.78, 5) is 31.5. The highest BCUT2D eigenvalue weighted by molar-refractivity contribution is 7.18. The van der Waals surface area contributed by atoms with E-state index in [2.05, 4.69) is 30.6 Å². The lowest BCUT2D eigenvalue weighted by Gasteiger charge is -2.27. The van der Waals surface area contributed by atoms with Crippen molar-refractivity contribution in [1.29, 1.82) is 0 Å². The van der Waals surface area contributed by atoms with Crippen LogP contribution < -0.4 is 10.6 Å². The van der Waals surface area contributed by atoms with E-state index in [0.29, 0.717) is 30.0 Å². The molecule has 0 spiro atoms. The number of hydrogen-bond acceptors (Lipinski definition) is 8. The molecule has 0 saturated carbocycles. The van der Waals surface area contributed by atoms with Crippen LogP contribution in [0.15, 0.2) is 42.7 Å². The minimum absolute atomic E-state index is 0. The van der Waals surface area contributed by atoms with Crippen molar-refractivity contribution in [2.24, 2.45) is 0 Å². The lowest BCUT2D eigenvalue weighted by Crippen LogP contribution is -2.46. The van der Waals surface area contributed by atoms with Crippen LogP contribution >= 0.6 is 23.7 Å². The van der Waals surface area contributed by atoms with E-state index in [0.717, 1.165) is 34.5 Å². The van der Waals surface area contributed by atoms with E-state index in [1.165, 1.54) is 6.20 Å². The van der Waals surface area contributed by atoms with E-state index in [4.69, 9.17) is 0 Å². The fraction of sp³-hybridized carbons (Fsp3) is 0.227. The van der Waals surface area contributed by atoms with Gasteiger partial charge in [-0.1, -0.05) is 6.07 Å². The van der Waals surface area contributed by atoms with Gasteiger partial charge in [0.25, 0.3) is 5.91 Å². The first-order chi connectivity index (χ1) is 15.6. The largest absolute Gasteiger partial charge is 0.336 e. The van der Waals surface area contributed by atoms with Crippen molar-refractivity contribution in [1.82, 2.24) is 30.2 Å². The minimum atomic E-state index is -0.513. The summed E-state index contributed by atoms with van der Waals surface area (Å²) < 4.78 is 15.5. The van der Waals surface area contributed by atoms with E-state index in [9.17, 15) is 9.18 Å². The highest BCUT2D eigenvalue weighted by atomic mass is 35.5. The topological polar surface area (TPSA) is 95.9 Å². The third-order valence-corrected chi connectivity index (χ3v) is 6.10. The summed E-state index contributed by atoms with van der Waals surface area (Å²) in [5, 5.41) is 7.16. The molecule has 1 aromatic carbocycles. The smallest absolute Gasteiger partial charge is 0.255 e. The number of pyridine rings is 1. The van der Waals surface area contributed by atoms with Crippen molar-refractivity contribution in [3.8, 4) is 11.3 Å². The number of carbonyl (C=O) groups excluding carboxylic acids is 1. The molecule has 0 aliphatic carbocycles. The second-order valence-electron chi connectivity index (χ2n) is 7.40. The van der Waals surface area contributed by atoms with Gasteiger partial charge in [-0.05, 0) is 31.2 Å². The summed E-state index contributed by atoms with van der Waals surface area (Å²) in [7, 11) is 0. The molecule has 8 nitrogen and oxygen atoms in total. The molecule has 3 aromatic heterocycles. The molecule has 5 rings (SSSR count). The van der Waals surface area contributed by atoms with Gasteiger partial charge in [-0.2, -0.15) is 0 Å². The number of carbonyl (C=O) groups is 1. The molecule has 4 heterocycles. The number of nitrogens with one attached hydrogen (secondary N) is 2. The first-order valence-corrected chi connectivity index (χ1v) is 11.0. The summed E-state index contributed by atoms with van der Waals surface area (Å²) in [6, 6.07) is 8.94. The van der Waals surface area contributed by atoms with Crippen LogP contribution in [0.1, 0.15) is 15.4 Å². The molecule has 1 aliphatic rings. The Morgan fingerprint density at radius 3 is 2.70 bits per heavy atom. The molecule has 11 heteroatoms. The lowest BCUT2D eigenvalue weighted by molar-refractivity contribution is 0.0735. The van der Waals surface area contributed by atoms with Gasteiger partial charge in [0.05, 0.1) is 27.0 Å². The zero-order chi connectivity index (χ0) is 22.1. The van der Waals surface area contributed by atoms with Crippen molar-refractivity contribution in [3.63, 3.8) is 0 Å². The fourth-order valence-electron chi connectivity index (χ4n) is 3.58. The second-order valence-corrected chi connectivity index (χ2v) is 8.64. The first-order valence-electron chi connectivity index (χ1n) is 10.2. The highest BCUT2D eigenvalue weighted by Gasteiger charge is 2.18. The maximum absolute atomic E-state index is 14.5. The van der Waals surface area contributed by atoms with E-state index in [1.807, 2.05) is 19.1 Å². The van der Waals surface area contributed by atoms with Crippen LogP contribution in [0.2, 0.25) is 0 Å². The van der Waals surface area contributed by atoms with Crippen LogP contribution in [0, 0.1) is 12.7 Å². The van der Waals surface area contributed by atoms with E-state index in [1.54, 1.807) is 34.4 Å². The molecule has 2 N–H and O–H groups in total. The second kappa shape index (κ2) is 9.74. The molecular weight excluding hydrogens is 465 g/mol. The van der Waals surface area contributed by atoms with Gasteiger partial charge in [-0.15, -0.1) is 23.7 Å². The minimum Gasteiger partial charge on any atom is -0.336 e. The third kappa shape index (κ3) is 4.92. The average Bonchev–Trinajstić information content (AvgIpc) is 3.20. The fourth-order valence-corrected chi connectivity index (χ4v) is 4.44. The van der Waals surface area contributed by atoms with E-state index < -0.39 is 5.82 Å². The Morgan fingerprint density at radius 2 is 1.94 bits per heavy atom. The average molecular weight is 486 g/mol. The summed E-state index contributed by atoms with van der Waals surface area (Å²) >= 11 is 1.55. The SMILES string of the molecule is Cc1nc2ccc(-c3nc(Nc4ccc(C(=O)N5CCNCC5)cn4)ncc3F)cc2s1.Cl. The maximum Gasteiger partial charge on any atom is 0.255 e. The zero-order valence-corrected chi connectivity index (χ0v) is 19.3. The Morgan fingerprint density at radius 1 is 1.12 bits per heavy atom. The number of anilines is 2. The van der Waals surface area contributed by atoms with Crippen LogP contribution in [-0.4, -0.2) is 56.9 Å². The number of benzene rings is 1. The summed E-state index contributed by atoms with van der Waals surface area (Å²) in [6.45, 7) is 4.88. The Kier molecular flexibility index (Phi) is 6.77. The summed E-state index contributed by atoms with van der Waals surface area (Å²) in [5.41, 5.74) is 2.24. The monoisotopic (exact) mass is 485 g/mol. The van der Waals surface area contributed by atoms with Crippen LogP contribution in [0.5, 0.6) is 0 Å².